The fraction of sp³-hybridized carbons (Fsp3) is 0.365. The standard InChI is InChI=1S/C26H21Cl2FN4O3S.C18H18Cl2N2O3.C8H2BrFN2S/c1-30-14-8-19(29)23-20(9-14)37-25(32-23)26(34)6-4-15(5-7-26)35-12-16-22(33-36-24(16)13-2-3-13)21-17(27)10-31-11-18(21)28;19-14-7-21-8-15(20)16(14)17-13(18(25-22-17)10-1-2-10)9-24-12-5-3-11(23)4-6-12;1-11-4-2-5(10)7-6(3-4)13-8(9)12-7/h8-11,13,15,34H,2-7,12H2;7-8,10,12H,1-6,9H2;2-3H. The Hall–Kier alpha value is -5.03. The molecule has 1 N–H and O–H groups in total. The van der Waals surface area contributed by atoms with E-state index in [1.165, 1.54) is 47.2 Å². The van der Waals surface area contributed by atoms with Crippen molar-refractivity contribution in [1.29, 1.82) is 0 Å². The van der Waals surface area contributed by atoms with Crippen LogP contribution in [0.4, 0.5) is 20.2 Å². The third-order valence-corrected chi connectivity index (χ3v) is 17.2. The zero-order valence-electron chi connectivity index (χ0n) is 39.4. The quantitative estimate of drug-likeness (QED) is 0.122. The molecule has 0 aliphatic heterocycles. The lowest BCUT2D eigenvalue weighted by molar-refractivity contribution is -0.123. The first-order valence-electron chi connectivity index (χ1n) is 23.8. The number of nitrogens with zero attached hydrogens (tertiary/aromatic N) is 8. The van der Waals surface area contributed by atoms with E-state index in [1.807, 2.05) is 0 Å². The number of benzene rings is 2. The molecule has 0 bridgehead atoms. The van der Waals surface area contributed by atoms with E-state index in [-0.39, 0.29) is 30.0 Å². The number of carbonyl (C=O) groups is 1. The fourth-order valence-electron chi connectivity index (χ4n) is 9.11. The molecular formula is C52H41BrCl4F2N8O6S2. The molecule has 0 atom stereocenters. The molecule has 75 heavy (non-hydrogen) atoms. The van der Waals surface area contributed by atoms with E-state index in [4.69, 9.17) is 78.1 Å². The zero-order valence-corrected chi connectivity index (χ0v) is 45.6. The average molecular weight is 1200 g/mol. The number of aromatic nitrogens is 6. The summed E-state index contributed by atoms with van der Waals surface area (Å²) in [5.41, 5.74) is 4.05. The van der Waals surface area contributed by atoms with Crippen molar-refractivity contribution in [3.63, 3.8) is 0 Å². The van der Waals surface area contributed by atoms with Gasteiger partial charge >= 0.3 is 0 Å². The van der Waals surface area contributed by atoms with Crippen molar-refractivity contribution < 1.29 is 37.2 Å². The van der Waals surface area contributed by atoms with Gasteiger partial charge in [-0.05, 0) is 104 Å². The minimum absolute atomic E-state index is 0.0849. The maximum absolute atomic E-state index is 14.4. The summed E-state index contributed by atoms with van der Waals surface area (Å²) in [6, 6.07) is 5.62. The number of hydrogen-bond donors (Lipinski definition) is 1. The number of pyridine rings is 2. The second-order valence-electron chi connectivity index (χ2n) is 18.6. The van der Waals surface area contributed by atoms with Crippen molar-refractivity contribution in [2.45, 2.75) is 120 Å². The second-order valence-corrected chi connectivity index (χ2v) is 23.6. The number of carbonyl (C=O) groups excluding carboxylic acids is 1. The molecule has 4 aliphatic carbocycles. The van der Waals surface area contributed by atoms with Crippen LogP contribution < -0.4 is 0 Å². The molecule has 6 heterocycles. The van der Waals surface area contributed by atoms with E-state index in [9.17, 15) is 18.7 Å². The first-order chi connectivity index (χ1) is 36.2. The maximum Gasteiger partial charge on any atom is 0.191 e. The van der Waals surface area contributed by atoms with Crippen LogP contribution in [0.2, 0.25) is 20.1 Å². The van der Waals surface area contributed by atoms with E-state index in [0.717, 1.165) is 61.2 Å². The lowest BCUT2D eigenvalue weighted by Gasteiger charge is -2.34. The Morgan fingerprint density at radius 2 is 1.12 bits per heavy atom. The van der Waals surface area contributed by atoms with Crippen molar-refractivity contribution in [2.24, 2.45) is 0 Å². The first kappa shape index (κ1) is 53.4. The average Bonchev–Trinajstić information content (AvgIpc) is 4.25. The molecule has 0 radical (unpaired) electrons. The zero-order chi connectivity index (χ0) is 52.5. The van der Waals surface area contributed by atoms with Crippen molar-refractivity contribution in [3.8, 4) is 22.5 Å². The molecule has 8 aromatic rings. The van der Waals surface area contributed by atoms with Crippen LogP contribution >= 0.6 is 85.0 Å². The highest BCUT2D eigenvalue weighted by Gasteiger charge is 2.40. The van der Waals surface area contributed by atoms with Crippen LogP contribution in [0.5, 0.6) is 0 Å². The van der Waals surface area contributed by atoms with Crippen LogP contribution in [0, 0.1) is 24.8 Å². The van der Waals surface area contributed by atoms with Gasteiger partial charge in [-0.15, -0.1) is 22.7 Å². The molecule has 386 valence electrons. The predicted molar refractivity (Wildman–Crippen MR) is 286 cm³/mol. The molecule has 0 spiro atoms. The predicted octanol–water partition coefficient (Wildman–Crippen LogP) is 16.3. The molecule has 12 rings (SSSR count). The number of Topliss-reactive ketones (excluding diaryl/α,β-unsaturated/α-hetero) is 1. The smallest absolute Gasteiger partial charge is 0.191 e. The van der Waals surface area contributed by atoms with Gasteiger partial charge in [-0.3, -0.25) is 14.8 Å². The fourth-order valence-corrected chi connectivity index (χ4v) is 12.8. The van der Waals surface area contributed by atoms with Gasteiger partial charge < -0.3 is 23.6 Å². The molecule has 2 aromatic carbocycles. The highest BCUT2D eigenvalue weighted by molar-refractivity contribution is 9.11. The topological polar surface area (TPSA) is 168 Å². The normalized spacial score (nSPS) is 18.8. The van der Waals surface area contributed by atoms with Gasteiger partial charge in [0.1, 0.15) is 62.0 Å². The number of fused-ring (bicyclic) bond motifs is 2. The largest absolute Gasteiger partial charge is 0.383 e. The third kappa shape index (κ3) is 11.9. The van der Waals surface area contributed by atoms with E-state index in [1.54, 1.807) is 24.5 Å². The van der Waals surface area contributed by atoms with E-state index < -0.39 is 17.2 Å². The molecule has 4 saturated carbocycles. The van der Waals surface area contributed by atoms with Gasteiger partial charge in [-0.2, -0.15) is 0 Å². The highest BCUT2D eigenvalue weighted by Crippen LogP contribution is 2.49. The van der Waals surface area contributed by atoms with Gasteiger partial charge in [-0.25, -0.2) is 28.4 Å². The van der Waals surface area contributed by atoms with E-state index >= 15 is 0 Å². The van der Waals surface area contributed by atoms with Crippen LogP contribution in [0.15, 0.2) is 62.0 Å². The molecule has 0 saturated heterocycles. The second kappa shape index (κ2) is 22.9. The van der Waals surface area contributed by atoms with Crippen LogP contribution in [0.25, 0.3) is 52.6 Å². The summed E-state index contributed by atoms with van der Waals surface area (Å²) < 4.78 is 53.2. The van der Waals surface area contributed by atoms with Gasteiger partial charge in [-0.1, -0.05) is 56.7 Å². The molecule has 6 aromatic heterocycles. The number of halogens is 7. The lowest BCUT2D eigenvalue weighted by atomic mass is 9.83. The molecule has 0 amide bonds. The van der Waals surface area contributed by atoms with Crippen molar-refractivity contribution >= 4 is 123 Å². The summed E-state index contributed by atoms with van der Waals surface area (Å²) in [5.74, 6) is 1.72. The number of ketones is 1. The number of ether oxygens (including phenoxy) is 2. The Morgan fingerprint density at radius 3 is 1.57 bits per heavy atom. The Morgan fingerprint density at radius 1 is 0.680 bits per heavy atom. The number of aliphatic hydroxyl groups is 1. The maximum atomic E-state index is 14.4. The SMILES string of the molecule is O=C1CCC(OCc2c(-c3c(Cl)cncc3Cl)noc2C2CC2)CC1.[C-]#[N+]c1cc(F)c2nc(Br)sc2c1.[C-]#[N+]c1cc(F)c2nc(C3(O)CCC(OCc4c(-c5c(Cl)cncc5Cl)noc4C4CC4)CC3)sc2c1. The van der Waals surface area contributed by atoms with Gasteiger partial charge in [0, 0.05) is 81.1 Å². The highest BCUT2D eigenvalue weighted by atomic mass is 79.9. The van der Waals surface area contributed by atoms with Gasteiger partial charge in [0.05, 0.1) is 58.7 Å². The summed E-state index contributed by atoms with van der Waals surface area (Å²) >= 11 is 31.1. The summed E-state index contributed by atoms with van der Waals surface area (Å²) in [4.78, 5) is 34.2. The van der Waals surface area contributed by atoms with Crippen LogP contribution in [0.1, 0.15) is 117 Å². The molecule has 23 heteroatoms. The van der Waals surface area contributed by atoms with E-state index in [2.05, 4.69) is 55.9 Å². The van der Waals surface area contributed by atoms with Gasteiger partial charge in [0.15, 0.2) is 15.3 Å². The minimum atomic E-state index is -1.16. The Bertz CT molecular complexity index is 3500. The monoisotopic (exact) mass is 1190 g/mol. The van der Waals surface area contributed by atoms with Crippen molar-refractivity contribution in [3.05, 3.63) is 135 Å². The lowest BCUT2D eigenvalue weighted by Crippen LogP contribution is -2.34. The van der Waals surface area contributed by atoms with Crippen LogP contribution in [0.3, 0.4) is 0 Å². The first-order valence-corrected chi connectivity index (χ1v) is 27.8. The van der Waals surface area contributed by atoms with Crippen molar-refractivity contribution in [1.82, 2.24) is 30.2 Å². The van der Waals surface area contributed by atoms with Crippen molar-refractivity contribution in [2.75, 3.05) is 0 Å². The molecular weight excluding hydrogens is 1160 g/mol. The Labute approximate surface area is 464 Å². The van der Waals surface area contributed by atoms with Gasteiger partial charge in [0.25, 0.3) is 0 Å². The summed E-state index contributed by atoms with van der Waals surface area (Å²) in [6.45, 7) is 14.6. The van der Waals surface area contributed by atoms with Crippen LogP contribution in [-0.2, 0) is 33.1 Å². The summed E-state index contributed by atoms with van der Waals surface area (Å²) in [7, 11) is 0. The molecule has 4 fully saturated rings. The molecule has 14 nitrogen and oxygen atoms in total. The summed E-state index contributed by atoms with van der Waals surface area (Å²) in [6.07, 6.45) is 15.2. The Balaban J connectivity index is 0.000000144. The van der Waals surface area contributed by atoms with E-state index in [0.29, 0.717) is 135 Å². The number of rotatable bonds is 11. The number of thiazole rings is 2. The molecule has 0 unspecified atom stereocenters. The molecule has 4 aliphatic rings. The minimum Gasteiger partial charge on any atom is -0.383 e. The number of hydrogen-bond acceptors (Lipinski definition) is 14. The third-order valence-electron chi connectivity index (χ3n) is 13.4. The Kier molecular flexibility index (Phi) is 16.3. The van der Waals surface area contributed by atoms with Gasteiger partial charge in [0.2, 0.25) is 0 Å². The van der Waals surface area contributed by atoms with Crippen LogP contribution in [-0.4, -0.2) is 53.3 Å². The summed E-state index contributed by atoms with van der Waals surface area (Å²) in [5, 5.41) is 22.0.